The first kappa shape index (κ1) is 26.2. The minimum absolute atomic E-state index is 0.00649. The Morgan fingerprint density at radius 1 is 1.16 bits per heavy atom. The number of hydrogen-bond donors (Lipinski definition) is 2. The quantitative estimate of drug-likeness (QED) is 0.411. The number of carbonyl (C=O) groups is 1. The Labute approximate surface area is 225 Å². The van der Waals surface area contributed by atoms with E-state index in [0.717, 1.165) is 42.6 Å². The molecular formula is C29H39N7O2. The van der Waals surface area contributed by atoms with Gasteiger partial charge in [0.25, 0.3) is 0 Å². The Kier molecular flexibility index (Phi) is 7.38. The first-order valence-electron chi connectivity index (χ1n) is 13.7. The van der Waals surface area contributed by atoms with Crippen molar-refractivity contribution in [2.24, 2.45) is 0 Å². The van der Waals surface area contributed by atoms with Gasteiger partial charge in [-0.3, -0.25) is 4.68 Å². The van der Waals surface area contributed by atoms with Crippen molar-refractivity contribution in [3.8, 4) is 11.3 Å². The number of ether oxygens (including phenoxy) is 1. The molecule has 0 spiro atoms. The minimum atomic E-state index is -0.192. The number of carbonyl (C=O) groups excluding carboxylic acids is 1. The molecule has 0 saturated carbocycles. The molecule has 3 aromatic rings. The van der Waals surface area contributed by atoms with Gasteiger partial charge in [0.2, 0.25) is 5.95 Å². The number of urea groups is 1. The van der Waals surface area contributed by atoms with E-state index in [2.05, 4.69) is 52.8 Å². The third kappa shape index (κ3) is 6.15. The van der Waals surface area contributed by atoms with Crippen LogP contribution in [0.15, 0.2) is 42.9 Å². The van der Waals surface area contributed by atoms with Crippen LogP contribution < -0.4 is 10.6 Å². The Hall–Kier alpha value is -3.46. The molecule has 0 bridgehead atoms. The van der Waals surface area contributed by atoms with Crippen LogP contribution in [0, 0.1) is 0 Å². The Morgan fingerprint density at radius 3 is 2.71 bits per heavy atom. The predicted octanol–water partition coefficient (Wildman–Crippen LogP) is 5.64. The fourth-order valence-corrected chi connectivity index (χ4v) is 5.10. The van der Waals surface area contributed by atoms with Crippen molar-refractivity contribution in [3.05, 3.63) is 54.0 Å². The molecule has 2 aliphatic rings. The van der Waals surface area contributed by atoms with Crippen LogP contribution in [0.2, 0.25) is 0 Å². The van der Waals surface area contributed by atoms with Gasteiger partial charge in [0, 0.05) is 24.0 Å². The fourth-order valence-electron chi connectivity index (χ4n) is 5.10. The summed E-state index contributed by atoms with van der Waals surface area (Å²) >= 11 is 0. The number of aryl methyl sites for hydroxylation is 1. The highest BCUT2D eigenvalue weighted by molar-refractivity contribution is 5.76. The van der Waals surface area contributed by atoms with Gasteiger partial charge in [0.1, 0.15) is 0 Å². The van der Waals surface area contributed by atoms with Crippen LogP contribution >= 0.6 is 0 Å². The molecule has 2 amide bonds. The van der Waals surface area contributed by atoms with Gasteiger partial charge in [-0.15, -0.1) is 0 Å². The first-order chi connectivity index (χ1) is 18.1. The third-order valence-corrected chi connectivity index (χ3v) is 7.00. The van der Waals surface area contributed by atoms with Gasteiger partial charge in [0.05, 0.1) is 48.4 Å². The summed E-state index contributed by atoms with van der Waals surface area (Å²) in [4.78, 5) is 24.0. The standard InChI is InChI=1S/C29H39N7O2/c1-19(2)36-16-22(15-31-36)32-27-30-13-12-25(33-27)21-10-11-24-20(14-21)8-6-7-9-26(24)34-28(37)35-17-23(18-35)38-29(3,4)5/h10-16,19,23,26H,6-9,17-18H2,1-5H3,(H,34,37)(H,30,32,33). The maximum absolute atomic E-state index is 13.0. The molecule has 3 heterocycles. The van der Waals surface area contributed by atoms with Crippen molar-refractivity contribution in [1.82, 2.24) is 30.0 Å². The van der Waals surface area contributed by atoms with E-state index in [1.54, 1.807) is 12.4 Å². The lowest BCUT2D eigenvalue weighted by Crippen LogP contribution is -2.59. The lowest BCUT2D eigenvalue weighted by atomic mass is 9.95. The lowest BCUT2D eigenvalue weighted by molar-refractivity contribution is -0.111. The molecule has 1 fully saturated rings. The molecule has 1 saturated heterocycles. The van der Waals surface area contributed by atoms with Gasteiger partial charge in [-0.25, -0.2) is 14.8 Å². The van der Waals surface area contributed by atoms with E-state index < -0.39 is 0 Å². The summed E-state index contributed by atoms with van der Waals surface area (Å²) < 4.78 is 7.88. The van der Waals surface area contributed by atoms with E-state index in [4.69, 9.17) is 9.72 Å². The van der Waals surface area contributed by atoms with E-state index in [0.29, 0.717) is 19.0 Å². The van der Waals surface area contributed by atoms with Gasteiger partial charge in [0.15, 0.2) is 0 Å². The van der Waals surface area contributed by atoms with Crippen molar-refractivity contribution in [1.29, 1.82) is 0 Å². The number of hydrogen-bond acceptors (Lipinski definition) is 6. The van der Waals surface area contributed by atoms with Crippen molar-refractivity contribution >= 4 is 17.7 Å². The maximum Gasteiger partial charge on any atom is 0.318 e. The van der Waals surface area contributed by atoms with Gasteiger partial charge in [-0.05, 0) is 77.1 Å². The topological polar surface area (TPSA) is 97.2 Å². The number of fused-ring (bicyclic) bond motifs is 1. The highest BCUT2D eigenvalue weighted by Gasteiger charge is 2.35. The number of nitrogens with zero attached hydrogens (tertiary/aromatic N) is 5. The summed E-state index contributed by atoms with van der Waals surface area (Å²) in [5, 5.41) is 10.9. The number of nitrogens with one attached hydrogen (secondary N) is 2. The molecule has 5 rings (SSSR count). The second kappa shape index (κ2) is 10.7. The molecule has 2 aromatic heterocycles. The van der Waals surface area contributed by atoms with Crippen LogP contribution in [0.25, 0.3) is 11.3 Å². The van der Waals surface area contributed by atoms with Crippen LogP contribution in [0.3, 0.4) is 0 Å². The van der Waals surface area contributed by atoms with Crippen LogP contribution in [-0.4, -0.2) is 55.5 Å². The predicted molar refractivity (Wildman–Crippen MR) is 148 cm³/mol. The number of rotatable bonds is 6. The number of anilines is 2. The summed E-state index contributed by atoms with van der Waals surface area (Å²) in [6.45, 7) is 11.6. The molecule has 1 atom stereocenters. The molecule has 202 valence electrons. The minimum Gasteiger partial charge on any atom is -0.369 e. The van der Waals surface area contributed by atoms with Gasteiger partial charge in [-0.1, -0.05) is 18.6 Å². The molecule has 1 aromatic carbocycles. The first-order valence-corrected chi connectivity index (χ1v) is 13.7. The molecule has 0 radical (unpaired) electrons. The fraction of sp³-hybridized carbons (Fsp3) is 0.517. The second-order valence-electron chi connectivity index (χ2n) is 11.6. The smallest absolute Gasteiger partial charge is 0.318 e. The highest BCUT2D eigenvalue weighted by atomic mass is 16.5. The molecule has 9 heteroatoms. The Bertz CT molecular complexity index is 1270. The average molecular weight is 518 g/mol. The van der Waals surface area contributed by atoms with Crippen LogP contribution in [0.5, 0.6) is 0 Å². The number of amides is 2. The van der Waals surface area contributed by atoms with Crippen molar-refractivity contribution in [2.75, 3.05) is 18.4 Å². The maximum atomic E-state index is 13.0. The van der Waals surface area contributed by atoms with E-state index in [1.165, 1.54) is 11.1 Å². The SMILES string of the molecule is CC(C)n1cc(Nc2nccc(-c3ccc4c(c3)CCCCC4NC(=O)N3CC(OC(C)(C)C)C3)n2)cn1. The third-order valence-electron chi connectivity index (χ3n) is 7.00. The van der Waals surface area contributed by atoms with Gasteiger partial charge < -0.3 is 20.3 Å². The van der Waals surface area contributed by atoms with E-state index in [1.807, 2.05) is 42.6 Å². The zero-order chi connectivity index (χ0) is 26.9. The molecule has 1 aliphatic carbocycles. The average Bonchev–Trinajstić information content (AvgIpc) is 3.22. The molecule has 9 nitrogen and oxygen atoms in total. The van der Waals surface area contributed by atoms with Gasteiger partial charge >= 0.3 is 6.03 Å². The summed E-state index contributed by atoms with van der Waals surface area (Å²) in [6.07, 6.45) is 9.74. The Morgan fingerprint density at radius 2 is 1.97 bits per heavy atom. The number of aromatic nitrogens is 4. The molecular weight excluding hydrogens is 478 g/mol. The van der Waals surface area contributed by atoms with E-state index >= 15 is 0 Å². The monoisotopic (exact) mass is 517 g/mol. The summed E-state index contributed by atoms with van der Waals surface area (Å²) in [7, 11) is 0. The van der Waals surface area contributed by atoms with E-state index in [-0.39, 0.29) is 29.8 Å². The Balaban J connectivity index is 1.27. The molecule has 2 N–H and O–H groups in total. The van der Waals surface area contributed by atoms with Crippen molar-refractivity contribution in [3.63, 3.8) is 0 Å². The number of benzene rings is 1. The van der Waals surface area contributed by atoms with Crippen molar-refractivity contribution in [2.45, 2.75) is 84.1 Å². The summed E-state index contributed by atoms with van der Waals surface area (Å²) in [6, 6.07) is 8.70. The summed E-state index contributed by atoms with van der Waals surface area (Å²) in [5.74, 6) is 0.536. The normalized spacial score (nSPS) is 18.1. The molecule has 38 heavy (non-hydrogen) atoms. The lowest BCUT2D eigenvalue weighted by Gasteiger charge is -2.42. The zero-order valence-electron chi connectivity index (χ0n) is 23.1. The number of likely N-dealkylation sites (tertiary alicyclic amines) is 1. The zero-order valence-corrected chi connectivity index (χ0v) is 23.1. The van der Waals surface area contributed by atoms with Crippen LogP contribution in [-0.2, 0) is 11.2 Å². The van der Waals surface area contributed by atoms with Crippen LogP contribution in [0.1, 0.15) is 77.1 Å². The second-order valence-corrected chi connectivity index (χ2v) is 11.6. The molecule has 1 aliphatic heterocycles. The van der Waals surface area contributed by atoms with E-state index in [9.17, 15) is 4.79 Å². The largest absolute Gasteiger partial charge is 0.369 e. The summed E-state index contributed by atoms with van der Waals surface area (Å²) in [5.41, 5.74) is 5.05. The van der Waals surface area contributed by atoms with Crippen LogP contribution in [0.4, 0.5) is 16.4 Å². The molecule has 1 unspecified atom stereocenters. The highest BCUT2D eigenvalue weighted by Crippen LogP contribution is 2.32. The van der Waals surface area contributed by atoms with Crippen molar-refractivity contribution < 1.29 is 9.53 Å². The van der Waals surface area contributed by atoms with Gasteiger partial charge in [-0.2, -0.15) is 5.10 Å².